The van der Waals surface area contributed by atoms with Crippen molar-refractivity contribution in [2.75, 3.05) is 4.90 Å². The van der Waals surface area contributed by atoms with Crippen molar-refractivity contribution in [2.45, 2.75) is 25.4 Å². The zero-order chi connectivity index (χ0) is 20.2. The number of rotatable bonds is 3. The summed E-state index contributed by atoms with van der Waals surface area (Å²) in [5.41, 5.74) is 0.157. The smallest absolute Gasteiger partial charge is 0.324 e. The average molecular weight is 380 g/mol. The highest BCUT2D eigenvalue weighted by molar-refractivity contribution is 6.24. The summed E-state index contributed by atoms with van der Waals surface area (Å²) >= 11 is 0. The molecule has 2 heterocycles. The van der Waals surface area contributed by atoms with Crippen molar-refractivity contribution >= 4 is 23.5 Å². The molecule has 0 radical (unpaired) electrons. The van der Waals surface area contributed by atoms with E-state index in [9.17, 15) is 24.6 Å². The molecule has 7 heteroatoms. The number of fused-ring (bicyclic) bond motifs is 1. The number of imide groups is 1. The van der Waals surface area contributed by atoms with Gasteiger partial charge in [0.15, 0.2) is 0 Å². The summed E-state index contributed by atoms with van der Waals surface area (Å²) in [5, 5.41) is 23.1. The monoisotopic (exact) mass is 380 g/mol. The molecule has 0 bridgehead atoms. The summed E-state index contributed by atoms with van der Waals surface area (Å²) in [4.78, 5) is 39.6. The third kappa shape index (κ3) is 2.43. The predicted molar refractivity (Wildman–Crippen MR) is 101 cm³/mol. The van der Waals surface area contributed by atoms with Gasteiger partial charge in [0.05, 0.1) is 17.5 Å². The number of amides is 2. The Balaban J connectivity index is 1.84. The minimum atomic E-state index is -1.64. The van der Waals surface area contributed by atoms with Crippen LogP contribution >= 0.6 is 0 Å². The summed E-state index contributed by atoms with van der Waals surface area (Å²) in [6, 6.07) is 12.6. The number of phenols is 1. The number of nitrogens with one attached hydrogen (secondary N) is 1. The number of aryl methyl sites for hydroxylation is 1. The van der Waals surface area contributed by atoms with Gasteiger partial charge in [-0.25, -0.2) is 4.90 Å². The summed E-state index contributed by atoms with van der Waals surface area (Å²) in [6.07, 6.45) is 0. The van der Waals surface area contributed by atoms with Crippen LogP contribution in [0.25, 0.3) is 0 Å². The van der Waals surface area contributed by atoms with Crippen LogP contribution in [0.2, 0.25) is 0 Å². The quantitative estimate of drug-likeness (QED) is 0.703. The zero-order valence-corrected chi connectivity index (χ0v) is 15.4. The van der Waals surface area contributed by atoms with E-state index in [1.54, 1.807) is 42.5 Å². The molecule has 0 aliphatic carbocycles. The van der Waals surface area contributed by atoms with E-state index in [1.165, 1.54) is 13.0 Å². The maximum absolute atomic E-state index is 13.3. The van der Waals surface area contributed by atoms with Crippen molar-refractivity contribution in [1.29, 1.82) is 0 Å². The number of para-hydroxylation sites is 1. The first kappa shape index (κ1) is 18.2. The molecule has 28 heavy (non-hydrogen) atoms. The van der Waals surface area contributed by atoms with Crippen molar-refractivity contribution < 1.29 is 24.6 Å². The van der Waals surface area contributed by atoms with Gasteiger partial charge < -0.3 is 10.2 Å². The molecule has 4 rings (SSSR count). The lowest BCUT2D eigenvalue weighted by molar-refractivity contribution is -0.147. The van der Waals surface area contributed by atoms with Gasteiger partial charge in [0.2, 0.25) is 11.8 Å². The molecule has 4 unspecified atom stereocenters. The number of nitrogens with zero attached hydrogens (tertiary/aromatic N) is 1. The highest BCUT2D eigenvalue weighted by Crippen LogP contribution is 2.50. The highest BCUT2D eigenvalue weighted by Gasteiger charge is 2.67. The van der Waals surface area contributed by atoms with Gasteiger partial charge in [0, 0.05) is 11.6 Å². The minimum Gasteiger partial charge on any atom is -0.508 e. The van der Waals surface area contributed by atoms with E-state index in [-0.39, 0.29) is 5.75 Å². The molecule has 7 nitrogen and oxygen atoms in total. The van der Waals surface area contributed by atoms with Crippen molar-refractivity contribution in [1.82, 2.24) is 5.32 Å². The van der Waals surface area contributed by atoms with Crippen molar-refractivity contribution in [2.24, 2.45) is 11.8 Å². The topological polar surface area (TPSA) is 107 Å². The van der Waals surface area contributed by atoms with Crippen LogP contribution in [0, 0.1) is 18.8 Å². The van der Waals surface area contributed by atoms with Gasteiger partial charge in [0.1, 0.15) is 11.3 Å². The molecule has 2 fully saturated rings. The molecular weight excluding hydrogens is 360 g/mol. The number of aromatic hydroxyl groups is 1. The molecule has 2 saturated heterocycles. The Labute approximate surface area is 161 Å². The fourth-order valence-electron chi connectivity index (χ4n) is 4.30. The van der Waals surface area contributed by atoms with Gasteiger partial charge in [0.25, 0.3) is 0 Å². The van der Waals surface area contributed by atoms with E-state index in [4.69, 9.17) is 0 Å². The van der Waals surface area contributed by atoms with Crippen LogP contribution in [0.3, 0.4) is 0 Å². The van der Waals surface area contributed by atoms with E-state index >= 15 is 0 Å². The fourth-order valence-corrected chi connectivity index (χ4v) is 4.30. The molecular formula is C21H20N2O5. The summed E-state index contributed by atoms with van der Waals surface area (Å²) in [6.45, 7) is 3.31. The first-order chi connectivity index (χ1) is 13.3. The average Bonchev–Trinajstić information content (AvgIpc) is 3.11. The van der Waals surface area contributed by atoms with Crippen LogP contribution in [0.5, 0.6) is 5.75 Å². The Hall–Kier alpha value is -3.19. The van der Waals surface area contributed by atoms with Gasteiger partial charge in [-0.3, -0.25) is 19.7 Å². The zero-order valence-electron chi connectivity index (χ0n) is 15.4. The van der Waals surface area contributed by atoms with E-state index in [0.717, 1.165) is 10.5 Å². The van der Waals surface area contributed by atoms with Gasteiger partial charge in [-0.1, -0.05) is 35.9 Å². The standard InChI is InChI=1S/C21H20N2O5/c1-11-7-9-12(10-8-11)23-18(25)15-16(19(23)26)21(2,20(27)28)22-17(15)13-5-3-4-6-14(13)24/h3-10,15-17,22,24H,1-2H3,(H,27,28). The van der Waals surface area contributed by atoms with Crippen LogP contribution in [0.1, 0.15) is 24.1 Å². The van der Waals surface area contributed by atoms with Crippen LogP contribution in [-0.4, -0.2) is 33.5 Å². The molecule has 2 aliphatic rings. The second kappa shape index (κ2) is 6.17. The number of carboxylic acid groups (broad SMARTS) is 1. The Morgan fingerprint density at radius 1 is 1.07 bits per heavy atom. The van der Waals surface area contributed by atoms with Gasteiger partial charge in [-0.15, -0.1) is 0 Å². The molecule has 2 aliphatic heterocycles. The summed E-state index contributed by atoms with van der Waals surface area (Å²) in [7, 11) is 0. The van der Waals surface area contributed by atoms with Crippen LogP contribution < -0.4 is 10.2 Å². The Kier molecular flexibility index (Phi) is 4.01. The molecule has 2 amide bonds. The lowest BCUT2D eigenvalue weighted by Crippen LogP contribution is -2.53. The molecule has 0 aromatic heterocycles. The number of carbonyl (C=O) groups is 3. The summed E-state index contributed by atoms with van der Waals surface area (Å²) in [5.74, 6) is -4.29. The van der Waals surface area contributed by atoms with E-state index in [1.807, 2.05) is 6.92 Å². The first-order valence-electron chi connectivity index (χ1n) is 8.99. The molecule has 144 valence electrons. The maximum Gasteiger partial charge on any atom is 0.324 e. The second-order valence-corrected chi connectivity index (χ2v) is 7.54. The Morgan fingerprint density at radius 2 is 1.71 bits per heavy atom. The third-order valence-electron chi connectivity index (χ3n) is 5.80. The molecule has 0 saturated carbocycles. The van der Waals surface area contributed by atoms with Gasteiger partial charge in [-0.2, -0.15) is 0 Å². The predicted octanol–water partition coefficient (Wildman–Crippen LogP) is 1.99. The van der Waals surface area contributed by atoms with E-state index in [2.05, 4.69) is 5.32 Å². The number of phenolic OH excluding ortho intramolecular Hbond substituents is 1. The van der Waals surface area contributed by atoms with Crippen LogP contribution in [-0.2, 0) is 14.4 Å². The molecule has 0 spiro atoms. The normalized spacial score (nSPS) is 29.2. The third-order valence-corrected chi connectivity index (χ3v) is 5.80. The van der Waals surface area contributed by atoms with Crippen LogP contribution in [0.15, 0.2) is 48.5 Å². The Morgan fingerprint density at radius 3 is 2.32 bits per heavy atom. The van der Waals surface area contributed by atoms with E-state index in [0.29, 0.717) is 11.3 Å². The molecule has 4 atom stereocenters. The second-order valence-electron chi connectivity index (χ2n) is 7.54. The molecule has 2 aromatic carbocycles. The number of hydrogen-bond acceptors (Lipinski definition) is 5. The lowest BCUT2D eigenvalue weighted by Gasteiger charge is -2.27. The maximum atomic E-state index is 13.3. The lowest BCUT2D eigenvalue weighted by atomic mass is 9.80. The van der Waals surface area contributed by atoms with Crippen molar-refractivity contribution in [3.8, 4) is 5.75 Å². The van der Waals surface area contributed by atoms with E-state index < -0.39 is 41.2 Å². The number of carboxylic acids is 1. The number of anilines is 1. The van der Waals surface area contributed by atoms with Gasteiger partial charge >= 0.3 is 5.97 Å². The van der Waals surface area contributed by atoms with Crippen molar-refractivity contribution in [3.63, 3.8) is 0 Å². The highest BCUT2D eigenvalue weighted by atomic mass is 16.4. The number of benzene rings is 2. The van der Waals surface area contributed by atoms with Crippen LogP contribution in [0.4, 0.5) is 5.69 Å². The largest absolute Gasteiger partial charge is 0.508 e. The molecule has 3 N–H and O–H groups in total. The fraction of sp³-hybridized carbons (Fsp3) is 0.286. The number of carbonyl (C=O) groups excluding carboxylic acids is 2. The number of hydrogen-bond donors (Lipinski definition) is 3. The number of aliphatic carboxylic acids is 1. The van der Waals surface area contributed by atoms with Crippen molar-refractivity contribution in [3.05, 3.63) is 59.7 Å². The van der Waals surface area contributed by atoms with Gasteiger partial charge in [-0.05, 0) is 32.0 Å². The minimum absolute atomic E-state index is 0.0533. The first-order valence-corrected chi connectivity index (χ1v) is 8.99. The Bertz CT molecular complexity index is 987. The summed E-state index contributed by atoms with van der Waals surface area (Å²) < 4.78 is 0. The molecule has 2 aromatic rings. The SMILES string of the molecule is Cc1ccc(N2C(=O)C3C(c4ccccc4O)NC(C)(C(=O)O)C3C2=O)cc1.